The van der Waals surface area contributed by atoms with Gasteiger partial charge in [-0.25, -0.2) is 0 Å². The lowest BCUT2D eigenvalue weighted by Crippen LogP contribution is -2.51. The molecule has 3 rings (SSSR count). The Balaban J connectivity index is 1.64. The third-order valence-corrected chi connectivity index (χ3v) is 9.22. The maximum Gasteiger partial charge on any atom is 0.0783 e. The van der Waals surface area contributed by atoms with Crippen molar-refractivity contribution in [2.75, 3.05) is 29.6 Å². The normalized spacial score (nSPS) is 45.5. The topological polar surface area (TPSA) is 35.2 Å². The lowest BCUT2D eigenvalue weighted by molar-refractivity contribution is -0.0831. The fraction of sp³-hybridized carbons (Fsp3) is 1.00. The molecule has 0 bridgehead atoms. The summed E-state index contributed by atoms with van der Waals surface area (Å²) in [4.78, 5) is 0. The molecule has 0 saturated carbocycles. The third kappa shape index (κ3) is 3.25. The Kier molecular flexibility index (Phi) is 5.00. The quantitative estimate of drug-likeness (QED) is 0.847. The highest BCUT2D eigenvalue weighted by Gasteiger charge is 2.44. The zero-order valence-corrected chi connectivity index (χ0v) is 14.1. The number of nitrogens with two attached hydrogens (primary N) is 1. The molecule has 0 radical (unpaired) electrons. The molecule has 2 N–H and O–H groups in total. The lowest BCUT2D eigenvalue weighted by atomic mass is 9.80. The molecule has 3 aliphatic rings. The van der Waals surface area contributed by atoms with Gasteiger partial charge >= 0.3 is 0 Å². The molecule has 1 spiro atoms. The fourth-order valence-corrected chi connectivity index (χ4v) is 7.95. The van der Waals surface area contributed by atoms with Crippen molar-refractivity contribution < 1.29 is 4.74 Å². The first-order valence-electron chi connectivity index (χ1n) is 7.41. The van der Waals surface area contributed by atoms with Crippen LogP contribution in [0.5, 0.6) is 0 Å². The van der Waals surface area contributed by atoms with Gasteiger partial charge in [0.1, 0.15) is 0 Å². The van der Waals surface area contributed by atoms with Crippen LogP contribution in [-0.4, -0.2) is 51.8 Å². The van der Waals surface area contributed by atoms with Gasteiger partial charge in [0.05, 0.1) is 5.60 Å². The van der Waals surface area contributed by atoms with Crippen LogP contribution in [0.2, 0.25) is 0 Å². The summed E-state index contributed by atoms with van der Waals surface area (Å²) < 4.78 is 6.13. The highest BCUT2D eigenvalue weighted by molar-refractivity contribution is 8.07. The first kappa shape index (κ1) is 14.9. The summed E-state index contributed by atoms with van der Waals surface area (Å²) in [6, 6.07) is 0.360. The first-order chi connectivity index (χ1) is 9.20. The van der Waals surface area contributed by atoms with Crippen LogP contribution in [0.3, 0.4) is 0 Å². The average molecular weight is 320 g/mol. The molecule has 0 aromatic rings. The Labute approximate surface area is 129 Å². The van der Waals surface area contributed by atoms with E-state index < -0.39 is 0 Å². The van der Waals surface area contributed by atoms with Crippen molar-refractivity contribution in [3.05, 3.63) is 0 Å². The van der Waals surface area contributed by atoms with E-state index in [0.29, 0.717) is 22.5 Å². The number of hydrogen-bond acceptors (Lipinski definition) is 5. The van der Waals surface area contributed by atoms with E-state index in [1.54, 1.807) is 0 Å². The zero-order chi connectivity index (χ0) is 13.3. The van der Waals surface area contributed by atoms with Crippen molar-refractivity contribution >= 4 is 35.3 Å². The Bertz CT molecular complexity index is 309. The Morgan fingerprint density at radius 1 is 1.26 bits per heavy atom. The van der Waals surface area contributed by atoms with Crippen LogP contribution in [0.25, 0.3) is 0 Å². The Hall–Kier alpha value is 0.970. The molecule has 5 atom stereocenters. The van der Waals surface area contributed by atoms with E-state index in [4.69, 9.17) is 10.5 Å². The van der Waals surface area contributed by atoms with Crippen LogP contribution in [-0.2, 0) is 4.74 Å². The monoisotopic (exact) mass is 319 g/mol. The molecule has 19 heavy (non-hydrogen) atoms. The second-order valence-electron chi connectivity index (χ2n) is 6.08. The van der Waals surface area contributed by atoms with Crippen molar-refractivity contribution in [1.29, 1.82) is 0 Å². The third-order valence-electron chi connectivity index (χ3n) is 4.76. The molecular weight excluding hydrogens is 294 g/mol. The molecule has 5 heteroatoms. The first-order valence-corrected chi connectivity index (χ1v) is 10.7. The molecule has 3 saturated heterocycles. The van der Waals surface area contributed by atoms with Gasteiger partial charge in [-0.2, -0.15) is 35.3 Å². The number of ether oxygens (including phenoxy) is 1. The maximum absolute atomic E-state index is 6.67. The van der Waals surface area contributed by atoms with Crippen molar-refractivity contribution in [3.63, 3.8) is 0 Å². The summed E-state index contributed by atoms with van der Waals surface area (Å²) >= 11 is 6.27. The summed E-state index contributed by atoms with van der Waals surface area (Å²) in [5.74, 6) is 5.71. The second kappa shape index (κ2) is 6.39. The van der Waals surface area contributed by atoms with Gasteiger partial charge in [-0.3, -0.25) is 0 Å². The van der Waals surface area contributed by atoms with Gasteiger partial charge in [0.2, 0.25) is 0 Å². The molecule has 2 nitrogen and oxygen atoms in total. The van der Waals surface area contributed by atoms with Gasteiger partial charge in [-0.05, 0) is 30.9 Å². The van der Waals surface area contributed by atoms with Crippen LogP contribution < -0.4 is 5.73 Å². The summed E-state index contributed by atoms with van der Waals surface area (Å²) in [5, 5.41) is 1.36. The highest BCUT2D eigenvalue weighted by atomic mass is 32.2. The molecule has 3 aliphatic heterocycles. The zero-order valence-electron chi connectivity index (χ0n) is 11.7. The summed E-state index contributed by atoms with van der Waals surface area (Å²) in [6.45, 7) is 3.29. The number of thioether (sulfide) groups is 3. The lowest BCUT2D eigenvalue weighted by Gasteiger charge is -2.43. The summed E-state index contributed by atoms with van der Waals surface area (Å²) in [5.41, 5.74) is 6.85. The van der Waals surface area contributed by atoms with Crippen LogP contribution in [0.4, 0.5) is 0 Å². The van der Waals surface area contributed by atoms with Crippen molar-refractivity contribution in [2.24, 2.45) is 11.7 Å². The molecule has 0 aliphatic carbocycles. The molecule has 0 aromatic heterocycles. The van der Waals surface area contributed by atoms with E-state index in [9.17, 15) is 0 Å². The molecule has 3 fully saturated rings. The van der Waals surface area contributed by atoms with Gasteiger partial charge in [0.15, 0.2) is 0 Å². The number of rotatable bonds is 2. The van der Waals surface area contributed by atoms with E-state index in [1.165, 1.54) is 42.3 Å². The number of hydrogen-bond donors (Lipinski definition) is 1. The average Bonchev–Trinajstić information content (AvgIpc) is 2.86. The second-order valence-corrected chi connectivity index (χ2v) is 9.95. The molecule has 5 unspecified atom stereocenters. The van der Waals surface area contributed by atoms with Crippen LogP contribution >= 0.6 is 35.3 Å². The van der Waals surface area contributed by atoms with Crippen molar-refractivity contribution in [3.8, 4) is 0 Å². The van der Waals surface area contributed by atoms with Gasteiger partial charge in [0, 0.05) is 40.4 Å². The minimum atomic E-state index is 0.181. The molecular formula is C14H25NOS3. The van der Waals surface area contributed by atoms with Gasteiger partial charge in [-0.1, -0.05) is 6.92 Å². The van der Waals surface area contributed by atoms with Crippen LogP contribution in [0, 0.1) is 5.92 Å². The molecule has 110 valence electrons. The highest BCUT2D eigenvalue weighted by Crippen LogP contribution is 2.43. The standard InChI is InChI=1S/C14H25NOS3/c1-10-13(19-7-6-18-10)12(15)11-2-4-16-14(8-11)3-5-17-9-14/h10-13H,2-9,15H2,1H3. The maximum atomic E-state index is 6.67. The van der Waals surface area contributed by atoms with Crippen molar-refractivity contribution in [1.82, 2.24) is 0 Å². The molecule has 0 aromatic carbocycles. The Morgan fingerprint density at radius 2 is 2.11 bits per heavy atom. The summed E-state index contributed by atoms with van der Waals surface area (Å²) in [7, 11) is 0. The van der Waals surface area contributed by atoms with E-state index in [1.807, 2.05) is 0 Å². The predicted molar refractivity (Wildman–Crippen MR) is 89.5 cm³/mol. The van der Waals surface area contributed by atoms with E-state index in [-0.39, 0.29) is 5.60 Å². The minimum absolute atomic E-state index is 0.181. The summed E-state index contributed by atoms with van der Waals surface area (Å²) in [6.07, 6.45) is 3.61. The van der Waals surface area contributed by atoms with E-state index in [2.05, 4.69) is 42.2 Å². The van der Waals surface area contributed by atoms with Crippen LogP contribution in [0.15, 0.2) is 0 Å². The fourth-order valence-electron chi connectivity index (χ4n) is 3.60. The van der Waals surface area contributed by atoms with Gasteiger partial charge in [-0.15, -0.1) is 0 Å². The molecule has 3 heterocycles. The SMILES string of the molecule is CC1SCCSC1C(N)C1CCOC2(CCSC2)C1. The largest absolute Gasteiger partial charge is 0.374 e. The Morgan fingerprint density at radius 3 is 2.84 bits per heavy atom. The van der Waals surface area contributed by atoms with Crippen molar-refractivity contribution in [2.45, 2.75) is 48.3 Å². The minimum Gasteiger partial charge on any atom is -0.374 e. The smallest absolute Gasteiger partial charge is 0.0783 e. The van der Waals surface area contributed by atoms with Gasteiger partial charge < -0.3 is 10.5 Å². The van der Waals surface area contributed by atoms with E-state index >= 15 is 0 Å². The van der Waals surface area contributed by atoms with Crippen LogP contribution in [0.1, 0.15) is 26.2 Å². The van der Waals surface area contributed by atoms with Gasteiger partial charge in [0.25, 0.3) is 0 Å². The molecule has 0 amide bonds. The van der Waals surface area contributed by atoms with E-state index in [0.717, 1.165) is 6.61 Å². The predicted octanol–water partition coefficient (Wildman–Crippen LogP) is 2.85.